The van der Waals surface area contributed by atoms with E-state index >= 15 is 0 Å². The van der Waals surface area contributed by atoms with Crippen LogP contribution >= 0.6 is 0 Å². The molecule has 1 saturated heterocycles. The lowest BCUT2D eigenvalue weighted by atomic mass is 9.99. The van der Waals surface area contributed by atoms with Crippen LogP contribution in [0.1, 0.15) is 20.7 Å². The lowest BCUT2D eigenvalue weighted by Crippen LogP contribution is -2.38. The quantitative estimate of drug-likeness (QED) is 0.601. The van der Waals surface area contributed by atoms with E-state index in [9.17, 15) is 9.59 Å². The second-order valence-electron chi connectivity index (χ2n) is 5.98. The first-order chi connectivity index (χ1) is 12.2. The summed E-state index contributed by atoms with van der Waals surface area (Å²) < 4.78 is 5.36. The summed E-state index contributed by atoms with van der Waals surface area (Å²) in [7, 11) is 0. The number of morpholine rings is 1. The summed E-state index contributed by atoms with van der Waals surface area (Å²) in [6, 6.07) is 18.1. The minimum Gasteiger partial charge on any atom is -0.379 e. The predicted molar refractivity (Wildman–Crippen MR) is 96.9 cm³/mol. The molecule has 4 nitrogen and oxygen atoms in total. The van der Waals surface area contributed by atoms with Gasteiger partial charge in [-0.1, -0.05) is 60.7 Å². The van der Waals surface area contributed by atoms with Gasteiger partial charge in [0.05, 0.1) is 13.2 Å². The molecule has 0 spiro atoms. The SMILES string of the molecule is O=C(/C=C(\CN1CCOCC1)C(=O)c1ccccc1)c1ccccc1. The van der Waals surface area contributed by atoms with Crippen LogP contribution in [0.25, 0.3) is 0 Å². The van der Waals surface area contributed by atoms with Crippen molar-refractivity contribution in [3.8, 4) is 0 Å². The summed E-state index contributed by atoms with van der Waals surface area (Å²) in [5.74, 6) is -0.246. The maximum absolute atomic E-state index is 12.9. The maximum atomic E-state index is 12.9. The molecule has 0 radical (unpaired) electrons. The van der Waals surface area contributed by atoms with Crippen molar-refractivity contribution in [2.24, 2.45) is 0 Å². The Morgan fingerprint density at radius 1 is 0.880 bits per heavy atom. The second-order valence-corrected chi connectivity index (χ2v) is 5.98. The van der Waals surface area contributed by atoms with E-state index < -0.39 is 0 Å². The number of carbonyl (C=O) groups is 2. The molecule has 0 N–H and O–H groups in total. The molecule has 0 aromatic heterocycles. The van der Waals surface area contributed by atoms with Crippen LogP contribution in [0, 0.1) is 0 Å². The molecular formula is C21H21NO3. The van der Waals surface area contributed by atoms with Crippen molar-refractivity contribution in [1.82, 2.24) is 4.90 Å². The first-order valence-electron chi connectivity index (χ1n) is 8.44. The summed E-state index contributed by atoms with van der Waals surface area (Å²) in [5.41, 5.74) is 1.70. The number of carbonyl (C=O) groups excluding carboxylic acids is 2. The molecule has 2 aromatic carbocycles. The molecule has 128 valence electrons. The van der Waals surface area contributed by atoms with Crippen molar-refractivity contribution in [3.05, 3.63) is 83.4 Å². The zero-order valence-electron chi connectivity index (χ0n) is 14.1. The predicted octanol–water partition coefficient (Wildman–Crippen LogP) is 3.01. The first kappa shape index (κ1) is 17.3. The molecule has 0 unspecified atom stereocenters. The highest BCUT2D eigenvalue weighted by Gasteiger charge is 2.19. The normalized spacial score (nSPS) is 15.8. The van der Waals surface area contributed by atoms with Gasteiger partial charge in [-0.05, 0) is 6.08 Å². The van der Waals surface area contributed by atoms with Crippen molar-refractivity contribution >= 4 is 11.6 Å². The number of ether oxygens (including phenoxy) is 1. The summed E-state index contributed by atoms with van der Waals surface area (Å²) in [6.07, 6.45) is 1.49. The Balaban J connectivity index is 1.86. The molecule has 0 amide bonds. The molecule has 1 fully saturated rings. The highest BCUT2D eigenvalue weighted by atomic mass is 16.5. The molecule has 0 saturated carbocycles. The van der Waals surface area contributed by atoms with Crippen molar-refractivity contribution < 1.29 is 14.3 Å². The number of allylic oxidation sites excluding steroid dienone is 1. The van der Waals surface area contributed by atoms with Gasteiger partial charge in [0.2, 0.25) is 0 Å². The van der Waals surface area contributed by atoms with E-state index in [1.54, 1.807) is 24.3 Å². The van der Waals surface area contributed by atoms with Gasteiger partial charge in [-0.15, -0.1) is 0 Å². The second kappa shape index (κ2) is 8.51. The average molecular weight is 335 g/mol. The summed E-state index contributed by atoms with van der Waals surface area (Å²) in [6.45, 7) is 3.28. The fraction of sp³-hybridized carbons (Fsp3) is 0.238. The number of nitrogens with zero attached hydrogens (tertiary/aromatic N) is 1. The zero-order chi connectivity index (χ0) is 17.5. The maximum Gasteiger partial charge on any atom is 0.190 e. The Labute approximate surface area is 147 Å². The molecular weight excluding hydrogens is 314 g/mol. The Morgan fingerprint density at radius 2 is 1.44 bits per heavy atom. The van der Waals surface area contributed by atoms with Crippen LogP contribution in [-0.4, -0.2) is 49.3 Å². The highest BCUT2D eigenvalue weighted by Crippen LogP contribution is 2.13. The Kier molecular flexibility index (Phi) is 5.88. The van der Waals surface area contributed by atoms with Gasteiger partial charge < -0.3 is 4.74 Å². The molecule has 2 aromatic rings. The van der Waals surface area contributed by atoms with Crippen molar-refractivity contribution in [3.63, 3.8) is 0 Å². The topological polar surface area (TPSA) is 46.6 Å². The van der Waals surface area contributed by atoms with E-state index in [-0.39, 0.29) is 11.6 Å². The average Bonchev–Trinajstić information content (AvgIpc) is 2.69. The third kappa shape index (κ3) is 4.72. The van der Waals surface area contributed by atoms with Gasteiger partial charge in [-0.25, -0.2) is 0 Å². The van der Waals surface area contributed by atoms with Crippen LogP contribution in [0.3, 0.4) is 0 Å². The lowest BCUT2D eigenvalue weighted by molar-refractivity contribution is 0.0417. The minimum atomic E-state index is -0.145. The number of ketones is 2. The highest BCUT2D eigenvalue weighted by molar-refractivity contribution is 6.15. The van der Waals surface area contributed by atoms with E-state index in [0.717, 1.165) is 13.1 Å². The van der Waals surface area contributed by atoms with E-state index in [1.165, 1.54) is 6.08 Å². The number of hydrogen-bond donors (Lipinski definition) is 0. The Hall–Kier alpha value is -2.56. The lowest BCUT2D eigenvalue weighted by Gasteiger charge is -2.27. The van der Waals surface area contributed by atoms with Crippen LogP contribution in [0.2, 0.25) is 0 Å². The summed E-state index contributed by atoms with van der Waals surface area (Å²) >= 11 is 0. The van der Waals surface area contributed by atoms with Crippen LogP contribution in [-0.2, 0) is 4.74 Å². The first-order valence-corrected chi connectivity index (χ1v) is 8.44. The van der Waals surface area contributed by atoms with E-state index in [1.807, 2.05) is 36.4 Å². The standard InChI is InChI=1S/C21H21NO3/c23-20(17-7-3-1-4-8-17)15-19(16-22-11-13-25-14-12-22)21(24)18-9-5-2-6-10-18/h1-10,15H,11-14,16H2/b19-15+. The molecule has 0 bridgehead atoms. The largest absolute Gasteiger partial charge is 0.379 e. The van der Waals surface area contributed by atoms with Gasteiger partial charge in [0.15, 0.2) is 11.6 Å². The Morgan fingerprint density at radius 3 is 2.04 bits per heavy atom. The van der Waals surface area contributed by atoms with Gasteiger partial charge in [-0.2, -0.15) is 0 Å². The molecule has 3 rings (SSSR count). The zero-order valence-corrected chi connectivity index (χ0v) is 14.1. The summed E-state index contributed by atoms with van der Waals surface area (Å²) in [4.78, 5) is 27.6. The fourth-order valence-corrected chi connectivity index (χ4v) is 2.80. The molecule has 1 aliphatic heterocycles. The van der Waals surface area contributed by atoms with Crippen LogP contribution in [0.15, 0.2) is 72.3 Å². The third-order valence-corrected chi connectivity index (χ3v) is 4.19. The van der Waals surface area contributed by atoms with Gasteiger partial charge >= 0.3 is 0 Å². The van der Waals surface area contributed by atoms with Crippen LogP contribution in [0.5, 0.6) is 0 Å². The van der Waals surface area contributed by atoms with Crippen molar-refractivity contribution in [2.75, 3.05) is 32.8 Å². The Bertz CT molecular complexity index is 747. The smallest absolute Gasteiger partial charge is 0.190 e. The molecule has 25 heavy (non-hydrogen) atoms. The number of benzene rings is 2. The van der Waals surface area contributed by atoms with Crippen LogP contribution in [0.4, 0.5) is 0 Å². The summed E-state index contributed by atoms with van der Waals surface area (Å²) in [5, 5.41) is 0. The van der Waals surface area contributed by atoms with Gasteiger partial charge in [-0.3, -0.25) is 14.5 Å². The molecule has 0 atom stereocenters. The van der Waals surface area contributed by atoms with E-state index in [2.05, 4.69) is 4.90 Å². The molecule has 4 heteroatoms. The van der Waals surface area contributed by atoms with Crippen molar-refractivity contribution in [2.45, 2.75) is 0 Å². The third-order valence-electron chi connectivity index (χ3n) is 4.19. The van der Waals surface area contributed by atoms with E-state index in [0.29, 0.717) is 36.5 Å². The number of rotatable bonds is 6. The number of Topliss-reactive ketones (excluding diaryl/α,β-unsaturated/α-hetero) is 1. The van der Waals surface area contributed by atoms with Gasteiger partial charge in [0, 0.05) is 36.3 Å². The van der Waals surface area contributed by atoms with E-state index in [4.69, 9.17) is 4.74 Å². The molecule has 1 aliphatic rings. The fourth-order valence-electron chi connectivity index (χ4n) is 2.80. The minimum absolute atomic E-state index is 0.101. The molecule has 1 heterocycles. The van der Waals surface area contributed by atoms with Gasteiger partial charge in [0.25, 0.3) is 0 Å². The van der Waals surface area contributed by atoms with Crippen molar-refractivity contribution in [1.29, 1.82) is 0 Å². The van der Waals surface area contributed by atoms with Crippen LogP contribution < -0.4 is 0 Å². The molecule has 0 aliphatic carbocycles. The monoisotopic (exact) mass is 335 g/mol. The van der Waals surface area contributed by atoms with Gasteiger partial charge in [0.1, 0.15) is 0 Å². The number of hydrogen-bond acceptors (Lipinski definition) is 4.